The molecule has 0 aromatic carbocycles. The SMILES string of the molecule is O=C(O)CCON=C1C[C@H]2C(O)C(C=CC(O)C3CCCC3)C[C@H]12. The molecule has 6 nitrogen and oxygen atoms in total. The van der Waals surface area contributed by atoms with Crippen LogP contribution in [0.25, 0.3) is 0 Å². The third-order valence-electron chi connectivity index (χ3n) is 5.82. The number of carboxylic acids is 1. The molecule has 0 saturated heterocycles. The van der Waals surface area contributed by atoms with Crippen LogP contribution in [0.2, 0.25) is 0 Å². The fourth-order valence-corrected chi connectivity index (χ4v) is 4.31. The van der Waals surface area contributed by atoms with Crippen LogP contribution in [-0.2, 0) is 9.63 Å². The number of carbonyl (C=O) groups is 1. The Morgan fingerprint density at radius 2 is 2.12 bits per heavy atom. The zero-order valence-electron chi connectivity index (χ0n) is 13.9. The van der Waals surface area contributed by atoms with Crippen molar-refractivity contribution in [2.24, 2.45) is 28.8 Å². The number of oxime groups is 1. The number of aliphatic hydroxyl groups is 2. The molecule has 3 aliphatic carbocycles. The summed E-state index contributed by atoms with van der Waals surface area (Å²) in [5.74, 6) is -0.0313. The Bertz CT molecular complexity index is 512. The third kappa shape index (κ3) is 3.81. The standard InChI is InChI=1S/C18H27NO5/c20-16(11-3-1-2-4-11)6-5-12-9-13-14(18(12)23)10-15(13)19-24-8-7-17(21)22/h5-6,11-14,16,18,20,23H,1-4,7-10H2,(H,21,22)/t12?,13-,14+,16?,18?/m0/s1. The molecule has 0 heterocycles. The minimum Gasteiger partial charge on any atom is -0.481 e. The maximum Gasteiger partial charge on any atom is 0.306 e. The first-order valence-electron chi connectivity index (χ1n) is 9.01. The average molecular weight is 337 g/mol. The van der Waals surface area contributed by atoms with E-state index in [0.717, 1.165) is 25.0 Å². The van der Waals surface area contributed by atoms with Crippen LogP contribution in [0.4, 0.5) is 0 Å². The number of hydrogen-bond donors (Lipinski definition) is 3. The average Bonchev–Trinajstić information content (AvgIpc) is 3.13. The third-order valence-corrected chi connectivity index (χ3v) is 5.82. The van der Waals surface area contributed by atoms with E-state index in [2.05, 4.69) is 5.16 Å². The summed E-state index contributed by atoms with van der Waals surface area (Å²) in [5, 5.41) is 33.2. The van der Waals surface area contributed by atoms with Crippen molar-refractivity contribution in [1.29, 1.82) is 0 Å². The molecule has 0 amide bonds. The summed E-state index contributed by atoms with van der Waals surface area (Å²) < 4.78 is 0. The molecule has 3 aliphatic rings. The summed E-state index contributed by atoms with van der Waals surface area (Å²) >= 11 is 0. The van der Waals surface area contributed by atoms with E-state index in [1.54, 1.807) is 0 Å². The molecule has 0 aliphatic heterocycles. The Morgan fingerprint density at radius 3 is 2.83 bits per heavy atom. The lowest BCUT2D eigenvalue weighted by Gasteiger charge is -2.33. The van der Waals surface area contributed by atoms with Gasteiger partial charge in [-0.2, -0.15) is 0 Å². The first-order chi connectivity index (χ1) is 11.6. The van der Waals surface area contributed by atoms with Crippen LogP contribution in [0.15, 0.2) is 17.3 Å². The van der Waals surface area contributed by atoms with Gasteiger partial charge < -0.3 is 20.2 Å². The van der Waals surface area contributed by atoms with Gasteiger partial charge in [-0.1, -0.05) is 30.1 Å². The van der Waals surface area contributed by atoms with Crippen molar-refractivity contribution in [2.45, 2.75) is 57.2 Å². The van der Waals surface area contributed by atoms with Gasteiger partial charge in [-0.25, -0.2) is 0 Å². The predicted molar refractivity (Wildman–Crippen MR) is 88.5 cm³/mol. The molecule has 6 heteroatoms. The zero-order chi connectivity index (χ0) is 17.1. The Balaban J connectivity index is 1.48. The van der Waals surface area contributed by atoms with E-state index in [0.29, 0.717) is 12.3 Å². The zero-order valence-corrected chi connectivity index (χ0v) is 13.9. The van der Waals surface area contributed by atoms with E-state index < -0.39 is 12.1 Å². The van der Waals surface area contributed by atoms with Crippen molar-refractivity contribution in [3.63, 3.8) is 0 Å². The van der Waals surface area contributed by atoms with Gasteiger partial charge in [-0.05, 0) is 37.5 Å². The van der Waals surface area contributed by atoms with Crippen LogP contribution in [0.1, 0.15) is 44.9 Å². The van der Waals surface area contributed by atoms with Crippen LogP contribution in [0.3, 0.4) is 0 Å². The van der Waals surface area contributed by atoms with Gasteiger partial charge in [0.25, 0.3) is 0 Å². The summed E-state index contributed by atoms with van der Waals surface area (Å²) in [4.78, 5) is 15.5. The highest BCUT2D eigenvalue weighted by Crippen LogP contribution is 2.48. The smallest absolute Gasteiger partial charge is 0.306 e. The predicted octanol–water partition coefficient (Wildman–Crippen LogP) is 1.96. The van der Waals surface area contributed by atoms with Gasteiger partial charge in [-0.15, -0.1) is 0 Å². The fraction of sp³-hybridized carbons (Fsp3) is 0.778. The highest BCUT2D eigenvalue weighted by molar-refractivity contribution is 5.93. The van der Waals surface area contributed by atoms with E-state index in [4.69, 9.17) is 9.94 Å². The van der Waals surface area contributed by atoms with Gasteiger partial charge in [0.15, 0.2) is 0 Å². The Morgan fingerprint density at radius 1 is 1.38 bits per heavy atom. The number of carboxylic acid groups (broad SMARTS) is 1. The molecule has 5 atom stereocenters. The second-order valence-corrected chi connectivity index (χ2v) is 7.34. The maximum absolute atomic E-state index is 10.4. The van der Waals surface area contributed by atoms with E-state index in [9.17, 15) is 15.0 Å². The highest BCUT2D eigenvalue weighted by Gasteiger charge is 2.51. The minimum absolute atomic E-state index is 0.0576. The molecular weight excluding hydrogens is 310 g/mol. The van der Waals surface area contributed by atoms with Gasteiger partial charge in [-0.3, -0.25) is 4.79 Å². The first kappa shape index (κ1) is 17.4. The lowest BCUT2D eigenvalue weighted by Crippen LogP contribution is -2.38. The number of hydrogen-bond acceptors (Lipinski definition) is 5. The monoisotopic (exact) mass is 337 g/mol. The number of aliphatic carboxylic acids is 1. The molecule has 3 saturated carbocycles. The lowest BCUT2D eigenvalue weighted by molar-refractivity contribution is -0.138. The molecule has 0 aromatic heterocycles. The summed E-state index contributed by atoms with van der Waals surface area (Å²) in [6.45, 7) is 0.0791. The molecule has 0 aromatic rings. The van der Waals surface area contributed by atoms with Crippen molar-refractivity contribution in [3.05, 3.63) is 12.2 Å². The van der Waals surface area contributed by atoms with Gasteiger partial charge in [0, 0.05) is 11.8 Å². The van der Waals surface area contributed by atoms with Gasteiger partial charge in [0.05, 0.1) is 24.3 Å². The van der Waals surface area contributed by atoms with E-state index in [-0.39, 0.29) is 36.9 Å². The van der Waals surface area contributed by atoms with Crippen molar-refractivity contribution in [1.82, 2.24) is 0 Å². The maximum atomic E-state index is 10.4. The summed E-state index contributed by atoms with van der Waals surface area (Å²) in [6.07, 6.45) is 9.13. The van der Waals surface area contributed by atoms with Gasteiger partial charge in [0.1, 0.15) is 6.61 Å². The van der Waals surface area contributed by atoms with Crippen LogP contribution in [0, 0.1) is 23.7 Å². The number of rotatable bonds is 7. The first-order valence-corrected chi connectivity index (χ1v) is 9.01. The quantitative estimate of drug-likeness (QED) is 0.375. The normalized spacial score (nSPS) is 36.0. The van der Waals surface area contributed by atoms with E-state index in [1.807, 2.05) is 12.2 Å². The van der Waals surface area contributed by atoms with Crippen molar-refractivity contribution in [2.75, 3.05) is 6.61 Å². The highest BCUT2D eigenvalue weighted by atomic mass is 16.6. The molecule has 3 N–H and O–H groups in total. The summed E-state index contributed by atoms with van der Waals surface area (Å²) in [6, 6.07) is 0. The van der Waals surface area contributed by atoms with Crippen LogP contribution in [-0.4, -0.2) is 45.8 Å². The van der Waals surface area contributed by atoms with Crippen molar-refractivity contribution in [3.8, 4) is 0 Å². The molecule has 0 spiro atoms. The molecule has 0 radical (unpaired) electrons. The molecule has 3 fully saturated rings. The topological polar surface area (TPSA) is 99.4 Å². The van der Waals surface area contributed by atoms with Crippen molar-refractivity contribution >= 4 is 11.7 Å². The number of fused-ring (bicyclic) bond motifs is 1. The Hall–Kier alpha value is -1.40. The van der Waals surface area contributed by atoms with Crippen molar-refractivity contribution < 1.29 is 25.0 Å². The van der Waals surface area contributed by atoms with Crippen LogP contribution >= 0.6 is 0 Å². The van der Waals surface area contributed by atoms with Crippen LogP contribution < -0.4 is 0 Å². The van der Waals surface area contributed by atoms with Gasteiger partial charge in [0.2, 0.25) is 0 Å². The van der Waals surface area contributed by atoms with E-state index >= 15 is 0 Å². The Kier molecular flexibility index (Phi) is 5.56. The second kappa shape index (κ2) is 7.66. The fourth-order valence-electron chi connectivity index (χ4n) is 4.31. The number of aliphatic hydroxyl groups excluding tert-OH is 2. The molecule has 3 unspecified atom stereocenters. The molecule has 134 valence electrons. The lowest BCUT2D eigenvalue weighted by atomic mass is 9.73. The molecular formula is C18H27NO5. The Labute approximate surface area is 142 Å². The molecule has 24 heavy (non-hydrogen) atoms. The van der Waals surface area contributed by atoms with Crippen LogP contribution in [0.5, 0.6) is 0 Å². The minimum atomic E-state index is -0.899. The molecule has 3 rings (SSSR count). The van der Waals surface area contributed by atoms with Gasteiger partial charge >= 0.3 is 5.97 Å². The number of nitrogens with zero attached hydrogens (tertiary/aromatic N) is 1. The second-order valence-electron chi connectivity index (χ2n) is 7.34. The largest absolute Gasteiger partial charge is 0.481 e. The summed E-state index contributed by atoms with van der Waals surface area (Å²) in [7, 11) is 0. The summed E-state index contributed by atoms with van der Waals surface area (Å²) in [5.41, 5.74) is 0.927. The van der Waals surface area contributed by atoms with E-state index in [1.165, 1.54) is 12.8 Å². The molecule has 0 bridgehead atoms.